The lowest BCUT2D eigenvalue weighted by Gasteiger charge is -2.22. The first-order valence-corrected chi connectivity index (χ1v) is 13.6. The lowest BCUT2D eigenvalue weighted by Crippen LogP contribution is -2.33. The molecule has 4 heterocycles. The number of aryl methyl sites for hydroxylation is 2. The predicted octanol–water partition coefficient (Wildman–Crippen LogP) is -0.486. The summed E-state index contributed by atoms with van der Waals surface area (Å²) in [5.74, 6) is 0. The number of nitrogens with one attached hydrogen (secondary N) is 1. The number of H-pyrrole nitrogens is 1. The van der Waals surface area contributed by atoms with Crippen molar-refractivity contribution in [2.75, 3.05) is 13.2 Å². The Hall–Kier alpha value is -2.27. The summed E-state index contributed by atoms with van der Waals surface area (Å²) in [7, 11) is -3.24. The Kier molecular flexibility index (Phi) is 8.37. The second-order valence-electron chi connectivity index (χ2n) is 9.23. The van der Waals surface area contributed by atoms with Crippen LogP contribution in [0.25, 0.3) is 0 Å². The topological polar surface area (TPSA) is 196 Å². The van der Waals surface area contributed by atoms with Crippen LogP contribution in [-0.4, -0.2) is 71.4 Å². The van der Waals surface area contributed by atoms with Gasteiger partial charge < -0.3 is 24.6 Å². The second kappa shape index (κ2) is 11.1. The summed E-state index contributed by atoms with van der Waals surface area (Å²) >= 11 is 5.18. The van der Waals surface area contributed by atoms with Gasteiger partial charge in [-0.1, -0.05) is 12.2 Å². The maximum atomic E-state index is 12.7. The Morgan fingerprint density at radius 2 is 1.74 bits per heavy atom. The summed E-state index contributed by atoms with van der Waals surface area (Å²) in [5, 5.41) is 20.1. The highest BCUT2D eigenvalue weighted by atomic mass is 32.1. The van der Waals surface area contributed by atoms with Gasteiger partial charge in [-0.25, -0.2) is 14.2 Å². The molecular weight excluding hydrogens is 547 g/mol. The van der Waals surface area contributed by atoms with E-state index in [0.717, 1.165) is 4.57 Å². The second-order valence-corrected chi connectivity index (χ2v) is 11.0. The summed E-state index contributed by atoms with van der Waals surface area (Å²) in [6.45, 7) is 2.10. The van der Waals surface area contributed by atoms with Gasteiger partial charge in [0.1, 0.15) is 35.4 Å². The average Bonchev–Trinajstić information content (AvgIpc) is 3.43. The van der Waals surface area contributed by atoms with Crippen molar-refractivity contribution in [3.05, 3.63) is 59.5 Å². The highest BCUT2D eigenvalue weighted by molar-refractivity contribution is 7.71. The van der Waals surface area contributed by atoms with Crippen LogP contribution in [0, 0.1) is 18.5 Å². The zero-order valence-corrected chi connectivity index (χ0v) is 22.5. The fraction of sp³-hybridized carbons (Fsp3) is 0.619. The number of rotatable bonds is 8. The van der Waals surface area contributed by atoms with Crippen LogP contribution in [0.5, 0.6) is 0 Å². The van der Waals surface area contributed by atoms with Crippen molar-refractivity contribution < 1.29 is 38.2 Å². The molecule has 0 saturated carbocycles. The molecule has 0 aliphatic carbocycles. The van der Waals surface area contributed by atoms with Gasteiger partial charge in [0.15, 0.2) is 0 Å². The molecule has 0 aromatic carbocycles. The van der Waals surface area contributed by atoms with Crippen molar-refractivity contribution in [1.82, 2.24) is 18.7 Å². The van der Waals surface area contributed by atoms with Gasteiger partial charge in [0.05, 0.1) is 19.3 Å². The van der Waals surface area contributed by atoms with Gasteiger partial charge in [0.25, 0.3) is 5.56 Å². The van der Waals surface area contributed by atoms with E-state index in [-0.39, 0.29) is 18.4 Å². The standard InChI is InChI=1S/C21H29N4O11PS/c1-10-6-24(20(29)22-18(10)28)17-5-13(14(8-26)34-17)36-37(31,32)33-9-15-12(27)4-16(35-15)25-7-11(2)19(38)23(3)21(25)30/h6-7,12-17,26-27H,4-5,8-9H2,1-3H3,(H,31,32)(H,22,28,29)/t12-,13-,14+,15+,16+,17+/m0/s1. The molecule has 2 aromatic rings. The number of phosphoric ester groups is 1. The Morgan fingerprint density at radius 1 is 1.11 bits per heavy atom. The molecule has 2 saturated heterocycles. The third-order valence-corrected chi connectivity index (χ3v) is 8.09. The largest absolute Gasteiger partial charge is 0.472 e. The van der Waals surface area contributed by atoms with Gasteiger partial charge in [-0.2, -0.15) is 0 Å². The Balaban J connectivity index is 1.40. The van der Waals surface area contributed by atoms with Crippen LogP contribution in [0.2, 0.25) is 0 Å². The van der Waals surface area contributed by atoms with E-state index in [1.54, 1.807) is 6.92 Å². The molecule has 2 aromatic heterocycles. The van der Waals surface area contributed by atoms with Crippen molar-refractivity contribution in [3.8, 4) is 0 Å². The minimum Gasteiger partial charge on any atom is -0.394 e. The quantitative estimate of drug-likeness (QED) is 0.233. The molecule has 15 nitrogen and oxygen atoms in total. The molecule has 38 heavy (non-hydrogen) atoms. The first kappa shape index (κ1) is 28.7. The minimum atomic E-state index is -4.76. The Bertz CT molecular complexity index is 1480. The summed E-state index contributed by atoms with van der Waals surface area (Å²) < 4.78 is 38.3. The van der Waals surface area contributed by atoms with E-state index >= 15 is 0 Å². The van der Waals surface area contributed by atoms with Gasteiger partial charge in [-0.15, -0.1) is 0 Å². The average molecular weight is 577 g/mol. The predicted molar refractivity (Wildman–Crippen MR) is 132 cm³/mol. The molecule has 0 radical (unpaired) electrons. The van der Waals surface area contributed by atoms with Gasteiger partial charge in [0, 0.05) is 43.4 Å². The normalized spacial score (nSPS) is 29.0. The first-order valence-electron chi connectivity index (χ1n) is 11.7. The molecule has 0 bridgehead atoms. The van der Waals surface area contributed by atoms with E-state index in [0.29, 0.717) is 10.2 Å². The van der Waals surface area contributed by atoms with Crippen molar-refractivity contribution in [2.45, 2.75) is 63.6 Å². The molecule has 2 aliphatic heterocycles. The number of aliphatic hydroxyl groups is 2. The van der Waals surface area contributed by atoms with E-state index in [1.807, 2.05) is 0 Å². The van der Waals surface area contributed by atoms with Crippen molar-refractivity contribution in [2.24, 2.45) is 7.05 Å². The van der Waals surface area contributed by atoms with Gasteiger partial charge in [-0.3, -0.25) is 32.5 Å². The van der Waals surface area contributed by atoms with E-state index in [4.69, 9.17) is 30.7 Å². The monoisotopic (exact) mass is 576 g/mol. The summed E-state index contributed by atoms with van der Waals surface area (Å²) in [6, 6.07) is 0. The summed E-state index contributed by atoms with van der Waals surface area (Å²) in [4.78, 5) is 48.8. The van der Waals surface area contributed by atoms with Crippen LogP contribution in [0.3, 0.4) is 0 Å². The molecule has 7 atom stereocenters. The third-order valence-electron chi connectivity index (χ3n) is 6.48. The number of aliphatic hydroxyl groups excluding tert-OH is 2. The summed E-state index contributed by atoms with van der Waals surface area (Å²) in [5.41, 5.74) is -0.859. The molecule has 0 amide bonds. The Labute approximate surface area is 220 Å². The lowest BCUT2D eigenvalue weighted by atomic mass is 10.2. The molecule has 17 heteroatoms. The number of aromatic amines is 1. The molecule has 2 aliphatic rings. The van der Waals surface area contributed by atoms with Crippen LogP contribution >= 0.6 is 20.0 Å². The number of phosphoric acid groups is 1. The molecular formula is C21H29N4O11PS. The number of aromatic nitrogens is 4. The van der Waals surface area contributed by atoms with Crippen LogP contribution in [0.1, 0.15) is 36.4 Å². The maximum Gasteiger partial charge on any atom is 0.472 e. The molecule has 4 rings (SSSR count). The van der Waals surface area contributed by atoms with E-state index in [2.05, 4.69) is 4.98 Å². The minimum absolute atomic E-state index is 0.0266. The van der Waals surface area contributed by atoms with E-state index in [9.17, 15) is 34.1 Å². The fourth-order valence-corrected chi connectivity index (χ4v) is 5.49. The van der Waals surface area contributed by atoms with Crippen LogP contribution < -0.4 is 16.9 Å². The van der Waals surface area contributed by atoms with E-state index < -0.39 is 74.8 Å². The molecule has 1 unspecified atom stereocenters. The van der Waals surface area contributed by atoms with Crippen LogP contribution in [-0.2, 0) is 30.1 Å². The first-order chi connectivity index (χ1) is 17.8. The van der Waals surface area contributed by atoms with Gasteiger partial charge in [-0.05, 0) is 13.8 Å². The smallest absolute Gasteiger partial charge is 0.394 e. The maximum absolute atomic E-state index is 12.7. The molecule has 2 fully saturated rings. The Morgan fingerprint density at radius 3 is 2.42 bits per heavy atom. The SMILES string of the molecule is Cc1cn([C@H]2C[C@H](OP(=O)(O)OC[C@H]3O[C@@H](n4cc(C)c(=S)n(C)c4=O)C[C@@H]3O)[C@@H](CO)O2)c(=O)[nH]c1=O. The van der Waals surface area contributed by atoms with Crippen LogP contribution in [0.4, 0.5) is 0 Å². The molecule has 210 valence electrons. The summed E-state index contributed by atoms with van der Waals surface area (Å²) in [6.07, 6.45) is -3.48. The molecule has 4 N–H and O–H groups in total. The highest BCUT2D eigenvalue weighted by Crippen LogP contribution is 2.48. The third kappa shape index (κ3) is 5.83. The van der Waals surface area contributed by atoms with Gasteiger partial charge >= 0.3 is 19.2 Å². The van der Waals surface area contributed by atoms with Crippen LogP contribution in [0.15, 0.2) is 26.8 Å². The van der Waals surface area contributed by atoms with Crippen molar-refractivity contribution in [1.29, 1.82) is 0 Å². The zero-order chi connectivity index (χ0) is 27.9. The zero-order valence-electron chi connectivity index (χ0n) is 20.8. The van der Waals surface area contributed by atoms with E-state index in [1.165, 1.54) is 35.5 Å². The molecule has 0 spiro atoms. The van der Waals surface area contributed by atoms with Gasteiger partial charge in [0.2, 0.25) is 0 Å². The van der Waals surface area contributed by atoms with Crippen molar-refractivity contribution in [3.63, 3.8) is 0 Å². The number of hydrogen-bond acceptors (Lipinski definition) is 11. The lowest BCUT2D eigenvalue weighted by molar-refractivity contribution is -0.0577. The number of ether oxygens (including phenoxy) is 2. The number of hydrogen-bond donors (Lipinski definition) is 4. The highest BCUT2D eigenvalue weighted by Gasteiger charge is 2.43. The number of nitrogens with zero attached hydrogens (tertiary/aromatic N) is 3. The fourth-order valence-electron chi connectivity index (χ4n) is 4.40. The van der Waals surface area contributed by atoms with Crippen molar-refractivity contribution >= 4 is 20.0 Å².